The van der Waals surface area contributed by atoms with Crippen LogP contribution in [0.5, 0.6) is 0 Å². The standard InChI is InChI=1S/Mg.Na.2H2O3S.H/c;;2*1-4(2)3;/h;;2*(H2,1,2,3);/q+2;+1;;;-1/p-2. The van der Waals surface area contributed by atoms with Crippen LogP contribution in [0, 0.1) is 0 Å². The molecule has 0 aliphatic heterocycles. The summed E-state index contributed by atoms with van der Waals surface area (Å²) in [6.07, 6.45) is 0. The van der Waals surface area contributed by atoms with Crippen LogP contribution < -0.4 is 29.6 Å². The summed E-state index contributed by atoms with van der Waals surface area (Å²) in [6, 6.07) is 0. The van der Waals surface area contributed by atoms with Gasteiger partial charge < -0.3 is 19.6 Å². The van der Waals surface area contributed by atoms with Crippen LogP contribution in [-0.2, 0) is 22.7 Å². The first-order valence-corrected chi connectivity index (χ1v) is 3.10. The second kappa shape index (κ2) is 17.1. The average molecular weight is 210 g/mol. The van der Waals surface area contributed by atoms with Gasteiger partial charge in [0.05, 0.1) is 22.7 Å². The Balaban J connectivity index is -0.0000000171. The van der Waals surface area contributed by atoms with E-state index in [-0.39, 0.29) is 54.0 Å². The molecular weight excluding hydrogens is 207 g/mol. The molecule has 0 aromatic rings. The van der Waals surface area contributed by atoms with Crippen LogP contribution in [0.3, 0.4) is 0 Å². The Morgan fingerprint density at radius 3 is 1.10 bits per heavy atom. The normalized spacial score (nSPS) is 12.4. The van der Waals surface area contributed by atoms with Gasteiger partial charge >= 0.3 is 52.6 Å². The van der Waals surface area contributed by atoms with Crippen molar-refractivity contribution in [3.63, 3.8) is 0 Å². The van der Waals surface area contributed by atoms with Crippen LogP contribution in [0.4, 0.5) is 0 Å². The summed E-state index contributed by atoms with van der Waals surface area (Å²) in [5.74, 6) is 0. The van der Waals surface area contributed by atoms with E-state index in [1.165, 1.54) is 0 Å². The Hall–Kier alpha value is 1.91. The van der Waals surface area contributed by atoms with Gasteiger partial charge in [-0.05, 0) is 0 Å². The Labute approximate surface area is 102 Å². The Morgan fingerprint density at radius 1 is 1.10 bits per heavy atom. The molecule has 0 radical (unpaired) electrons. The zero-order chi connectivity index (χ0) is 7.15. The zero-order valence-electron chi connectivity index (χ0n) is 6.05. The molecule has 10 heteroatoms. The number of rotatable bonds is 0. The Kier molecular flexibility index (Phi) is 38.8. The predicted molar refractivity (Wildman–Crippen MR) is 30.0 cm³/mol. The van der Waals surface area contributed by atoms with E-state index >= 15 is 0 Å². The van der Waals surface area contributed by atoms with Gasteiger partial charge in [0.1, 0.15) is 0 Å². The summed E-state index contributed by atoms with van der Waals surface area (Å²) in [5.41, 5.74) is 0. The topological polar surface area (TPSA) is 121 Å². The maximum absolute atomic E-state index is 8.56. The van der Waals surface area contributed by atoms with Crippen molar-refractivity contribution >= 4 is 45.8 Å². The second-order valence-corrected chi connectivity index (χ2v) is 1.30. The molecule has 2 unspecified atom stereocenters. The molecule has 6 nitrogen and oxygen atoms in total. The fourth-order valence-corrected chi connectivity index (χ4v) is 0. The summed E-state index contributed by atoms with van der Waals surface area (Å²) in [5, 5.41) is 0. The van der Waals surface area contributed by atoms with E-state index in [0.717, 1.165) is 0 Å². The van der Waals surface area contributed by atoms with Crippen molar-refractivity contribution in [2.45, 2.75) is 0 Å². The van der Waals surface area contributed by atoms with Crippen molar-refractivity contribution in [2.24, 2.45) is 0 Å². The molecule has 0 aliphatic carbocycles. The second-order valence-electron chi connectivity index (χ2n) is 0.434. The first-order valence-electron chi connectivity index (χ1n) is 1.03. The van der Waals surface area contributed by atoms with Crippen molar-refractivity contribution < 1.29 is 57.6 Å². The number of hydrogen-bond acceptors (Lipinski definition) is 4. The minimum absolute atomic E-state index is 0. The van der Waals surface area contributed by atoms with Gasteiger partial charge in [-0.2, -0.15) is 0 Å². The molecular formula is H3MgNaO6S2. The minimum Gasteiger partial charge on any atom is -1.00 e. The molecule has 0 amide bonds. The minimum atomic E-state index is -2.86. The molecule has 10 heavy (non-hydrogen) atoms. The first kappa shape index (κ1) is 22.7. The smallest absolute Gasteiger partial charge is 1.00 e. The molecule has 0 aromatic carbocycles. The van der Waals surface area contributed by atoms with Gasteiger partial charge in [-0.15, -0.1) is 0 Å². The fourth-order valence-electron chi connectivity index (χ4n) is 0. The predicted octanol–water partition coefficient (Wildman–Crippen LogP) is -4.59. The van der Waals surface area contributed by atoms with Gasteiger partial charge in [0, 0.05) is 0 Å². The van der Waals surface area contributed by atoms with Crippen LogP contribution in [0.15, 0.2) is 0 Å². The van der Waals surface area contributed by atoms with Gasteiger partial charge in [0.2, 0.25) is 0 Å². The van der Waals surface area contributed by atoms with Crippen LogP contribution in [0.2, 0.25) is 0 Å². The van der Waals surface area contributed by atoms with Crippen LogP contribution in [0.1, 0.15) is 1.43 Å². The van der Waals surface area contributed by atoms with E-state index in [9.17, 15) is 0 Å². The monoisotopic (exact) mass is 210 g/mol. The van der Waals surface area contributed by atoms with E-state index in [0.29, 0.717) is 0 Å². The summed E-state index contributed by atoms with van der Waals surface area (Å²) in [6.45, 7) is 0. The average Bonchev–Trinajstić information content (AvgIpc) is 1.25. The first-order chi connectivity index (χ1) is 3.46. The van der Waals surface area contributed by atoms with Gasteiger partial charge in [-0.3, -0.25) is 0 Å². The summed E-state index contributed by atoms with van der Waals surface area (Å²) in [7, 11) is 0. The number of hydrogen-bond donors (Lipinski definition) is 2. The molecule has 0 aliphatic rings. The van der Waals surface area contributed by atoms with Gasteiger partial charge in [-0.25, -0.2) is 8.42 Å². The quantitative estimate of drug-likeness (QED) is 0.307. The maximum Gasteiger partial charge on any atom is 2.00 e. The van der Waals surface area contributed by atoms with E-state index in [4.69, 9.17) is 26.6 Å². The summed E-state index contributed by atoms with van der Waals surface area (Å²) in [4.78, 5) is 0. The zero-order valence-corrected chi connectivity index (χ0v) is 10.1. The van der Waals surface area contributed by atoms with Gasteiger partial charge in [-0.1, -0.05) is 0 Å². The summed E-state index contributed by atoms with van der Waals surface area (Å²) < 4.78 is 48.2. The fraction of sp³-hybridized carbons (Fsp3) is 0. The molecule has 0 rings (SSSR count). The van der Waals surface area contributed by atoms with Crippen molar-refractivity contribution in [2.75, 3.05) is 0 Å². The van der Waals surface area contributed by atoms with Crippen LogP contribution in [-0.4, -0.2) is 49.7 Å². The third-order valence-corrected chi connectivity index (χ3v) is 0. The maximum atomic E-state index is 8.56. The van der Waals surface area contributed by atoms with Gasteiger partial charge in [0.25, 0.3) is 0 Å². The van der Waals surface area contributed by atoms with E-state index in [1.807, 2.05) is 0 Å². The van der Waals surface area contributed by atoms with E-state index in [2.05, 4.69) is 0 Å². The third-order valence-electron chi connectivity index (χ3n) is 0. The molecule has 2 N–H and O–H groups in total. The molecule has 0 bridgehead atoms. The van der Waals surface area contributed by atoms with Gasteiger partial charge in [0.15, 0.2) is 0 Å². The molecule has 0 heterocycles. The molecule has 0 saturated carbocycles. The molecule has 54 valence electrons. The third kappa shape index (κ3) is 216. The van der Waals surface area contributed by atoms with Crippen LogP contribution in [0.25, 0.3) is 0 Å². The van der Waals surface area contributed by atoms with Crippen LogP contribution >= 0.6 is 0 Å². The van der Waals surface area contributed by atoms with Crippen molar-refractivity contribution in [1.82, 2.24) is 0 Å². The van der Waals surface area contributed by atoms with E-state index < -0.39 is 22.7 Å². The van der Waals surface area contributed by atoms with Crippen molar-refractivity contribution in [1.29, 1.82) is 0 Å². The van der Waals surface area contributed by atoms with E-state index in [1.54, 1.807) is 0 Å². The Bertz CT molecular complexity index is 78.6. The molecule has 0 saturated heterocycles. The molecule has 0 spiro atoms. The molecule has 2 atom stereocenters. The molecule has 0 aromatic heterocycles. The molecule has 0 fully saturated rings. The van der Waals surface area contributed by atoms with Crippen molar-refractivity contribution in [3.8, 4) is 0 Å². The van der Waals surface area contributed by atoms with Crippen molar-refractivity contribution in [3.05, 3.63) is 0 Å². The largest absolute Gasteiger partial charge is 2.00 e. The SMILES string of the molecule is O=S([O-])O.O=S([O-])O.[H-].[Mg+2].[Na+]. The summed E-state index contributed by atoms with van der Waals surface area (Å²) >= 11 is -5.72. The Morgan fingerprint density at radius 2 is 1.10 bits per heavy atom.